The number of rotatable bonds is 6. The highest BCUT2D eigenvalue weighted by Crippen LogP contribution is 2.20. The molecule has 0 radical (unpaired) electrons. The molecule has 0 bridgehead atoms. The first kappa shape index (κ1) is 17.1. The van der Waals surface area contributed by atoms with Crippen molar-refractivity contribution in [1.29, 1.82) is 0 Å². The third kappa shape index (κ3) is 3.13. The molecule has 136 valence electrons. The highest BCUT2D eigenvalue weighted by molar-refractivity contribution is 7.12. The fraction of sp³-hybridized carbons (Fsp3) is 0.167. The lowest BCUT2D eigenvalue weighted by Crippen LogP contribution is -2.26. The summed E-state index contributed by atoms with van der Waals surface area (Å²) < 4.78 is 3.12. The van der Waals surface area contributed by atoms with Crippen molar-refractivity contribution in [3.63, 3.8) is 0 Å². The quantitative estimate of drug-likeness (QED) is 0.454. The zero-order valence-corrected chi connectivity index (χ0v) is 14.8. The molecule has 0 N–H and O–H groups in total. The van der Waals surface area contributed by atoms with Gasteiger partial charge in [0, 0.05) is 12.4 Å². The van der Waals surface area contributed by atoms with Crippen molar-refractivity contribution in [3.8, 4) is 0 Å². The van der Waals surface area contributed by atoms with Gasteiger partial charge in [0.1, 0.15) is 5.69 Å². The number of carboxylic acid groups (broad SMARTS) is 1. The molecule has 9 heteroatoms. The Balaban J connectivity index is 1.87. The molecule has 0 unspecified atom stereocenters. The monoisotopic (exact) mass is 381 g/mol. The van der Waals surface area contributed by atoms with E-state index in [4.69, 9.17) is 0 Å². The van der Waals surface area contributed by atoms with Gasteiger partial charge in [0.2, 0.25) is 5.78 Å². The van der Waals surface area contributed by atoms with E-state index in [1.807, 2.05) is 23.6 Å². The van der Waals surface area contributed by atoms with Crippen LogP contribution in [-0.4, -0.2) is 30.9 Å². The van der Waals surface area contributed by atoms with Crippen molar-refractivity contribution in [2.45, 2.75) is 19.4 Å². The fourth-order valence-electron chi connectivity index (χ4n) is 2.92. The summed E-state index contributed by atoms with van der Waals surface area (Å²) in [5, 5.41) is 16.8. The first-order valence-electron chi connectivity index (χ1n) is 8.18. The SMILES string of the molecule is O=C([O-])CCc1nn2c3ccccc3n(CC(=O)c3cccs3)c2nc1=O. The Morgan fingerprint density at radius 2 is 1.89 bits per heavy atom. The van der Waals surface area contributed by atoms with Gasteiger partial charge in [-0.05, 0) is 30.0 Å². The number of fused-ring (bicyclic) bond motifs is 3. The van der Waals surface area contributed by atoms with Crippen LogP contribution in [0.15, 0.2) is 46.6 Å². The summed E-state index contributed by atoms with van der Waals surface area (Å²) in [6.45, 7) is 0.0179. The van der Waals surface area contributed by atoms with E-state index in [-0.39, 0.29) is 36.6 Å². The standard InChI is InChI=1S/C18H14N4O4S/c23-14(15-6-3-9-27-15)10-21-12-4-1-2-5-13(12)22-18(21)19-17(26)11(20-22)7-8-16(24)25/h1-6,9H,7-8,10H2,(H,24,25)/p-1. The summed E-state index contributed by atoms with van der Waals surface area (Å²) in [5.74, 6) is -1.11. The van der Waals surface area contributed by atoms with Crippen molar-refractivity contribution in [3.05, 3.63) is 62.7 Å². The molecule has 8 nitrogen and oxygen atoms in total. The number of carbonyl (C=O) groups is 2. The third-order valence-corrected chi connectivity index (χ3v) is 5.08. The zero-order valence-electron chi connectivity index (χ0n) is 14.0. The molecular formula is C18H13N4O4S-. The molecule has 4 aromatic rings. The number of aromatic nitrogens is 4. The van der Waals surface area contributed by atoms with Gasteiger partial charge in [0.25, 0.3) is 5.56 Å². The summed E-state index contributed by atoms with van der Waals surface area (Å²) in [6.07, 6.45) is -0.379. The van der Waals surface area contributed by atoms with Crippen LogP contribution < -0.4 is 10.7 Å². The largest absolute Gasteiger partial charge is 0.550 e. The van der Waals surface area contributed by atoms with Crippen molar-refractivity contribution < 1.29 is 14.7 Å². The van der Waals surface area contributed by atoms with Crippen LogP contribution in [0.5, 0.6) is 0 Å². The van der Waals surface area contributed by atoms with Gasteiger partial charge in [0.15, 0.2) is 5.78 Å². The van der Waals surface area contributed by atoms with Gasteiger partial charge in [0.05, 0.1) is 22.5 Å². The number of benzene rings is 1. The van der Waals surface area contributed by atoms with E-state index >= 15 is 0 Å². The molecule has 3 heterocycles. The predicted octanol–water partition coefficient (Wildman–Crippen LogP) is 0.671. The number of carboxylic acids is 1. The highest BCUT2D eigenvalue weighted by atomic mass is 32.1. The molecule has 4 rings (SSSR count). The third-order valence-electron chi connectivity index (χ3n) is 4.16. The molecule has 0 aliphatic carbocycles. The van der Waals surface area contributed by atoms with Gasteiger partial charge in [-0.1, -0.05) is 18.2 Å². The maximum Gasteiger partial charge on any atom is 0.296 e. The number of ketones is 1. The van der Waals surface area contributed by atoms with E-state index in [1.165, 1.54) is 15.9 Å². The Morgan fingerprint density at radius 3 is 2.59 bits per heavy atom. The van der Waals surface area contributed by atoms with Crippen LogP contribution in [-0.2, 0) is 17.8 Å². The topological polar surface area (TPSA) is 109 Å². The number of para-hydroxylation sites is 2. The van der Waals surface area contributed by atoms with E-state index in [9.17, 15) is 19.5 Å². The Labute approximate surface area is 156 Å². The summed E-state index contributed by atoms with van der Waals surface area (Å²) in [5.41, 5.74) is 0.820. The minimum absolute atomic E-state index is 0.0179. The number of aryl methyl sites for hydroxylation is 1. The van der Waals surface area contributed by atoms with E-state index in [0.29, 0.717) is 15.9 Å². The van der Waals surface area contributed by atoms with Crippen molar-refractivity contribution >= 4 is 39.9 Å². The Kier molecular flexibility index (Phi) is 4.28. The van der Waals surface area contributed by atoms with Crippen LogP contribution in [0.1, 0.15) is 21.8 Å². The molecule has 0 fully saturated rings. The van der Waals surface area contributed by atoms with E-state index in [0.717, 1.165) is 0 Å². The number of Topliss-reactive ketones (excluding diaryl/α,β-unsaturated/α-hetero) is 1. The average molecular weight is 381 g/mol. The minimum Gasteiger partial charge on any atom is -0.550 e. The smallest absolute Gasteiger partial charge is 0.296 e. The van der Waals surface area contributed by atoms with Gasteiger partial charge in [-0.15, -0.1) is 11.3 Å². The molecule has 0 amide bonds. The predicted molar refractivity (Wildman–Crippen MR) is 96.7 cm³/mol. The first-order chi connectivity index (χ1) is 13.0. The van der Waals surface area contributed by atoms with Crippen LogP contribution in [0.4, 0.5) is 0 Å². The number of hydrogen-bond donors (Lipinski definition) is 0. The van der Waals surface area contributed by atoms with Crippen molar-refractivity contribution in [1.82, 2.24) is 19.2 Å². The second kappa shape index (κ2) is 6.76. The Morgan fingerprint density at radius 1 is 1.11 bits per heavy atom. The maximum absolute atomic E-state index is 12.6. The molecule has 0 aliphatic heterocycles. The van der Waals surface area contributed by atoms with Gasteiger partial charge >= 0.3 is 0 Å². The summed E-state index contributed by atoms with van der Waals surface area (Å²) in [6, 6.07) is 10.8. The van der Waals surface area contributed by atoms with Gasteiger partial charge in [-0.3, -0.25) is 9.59 Å². The lowest BCUT2D eigenvalue weighted by atomic mass is 10.2. The molecular weight excluding hydrogens is 368 g/mol. The van der Waals surface area contributed by atoms with E-state index in [1.54, 1.807) is 22.8 Å². The normalized spacial score (nSPS) is 11.3. The molecule has 0 saturated heterocycles. The first-order valence-corrected chi connectivity index (χ1v) is 9.06. The number of imidazole rings is 1. The number of hydrogen-bond acceptors (Lipinski definition) is 7. The molecule has 0 spiro atoms. The zero-order chi connectivity index (χ0) is 19.0. The fourth-order valence-corrected chi connectivity index (χ4v) is 3.58. The second-order valence-corrected chi connectivity index (χ2v) is 6.87. The van der Waals surface area contributed by atoms with Crippen molar-refractivity contribution in [2.75, 3.05) is 0 Å². The van der Waals surface area contributed by atoms with E-state index in [2.05, 4.69) is 10.1 Å². The van der Waals surface area contributed by atoms with Crippen LogP contribution in [0.2, 0.25) is 0 Å². The minimum atomic E-state index is -1.26. The summed E-state index contributed by atoms with van der Waals surface area (Å²) in [7, 11) is 0. The van der Waals surface area contributed by atoms with Crippen LogP contribution in [0.25, 0.3) is 16.8 Å². The van der Waals surface area contributed by atoms with Crippen LogP contribution in [0, 0.1) is 0 Å². The van der Waals surface area contributed by atoms with Crippen LogP contribution in [0.3, 0.4) is 0 Å². The molecule has 3 aromatic heterocycles. The molecule has 27 heavy (non-hydrogen) atoms. The number of nitrogens with zero attached hydrogens (tertiary/aromatic N) is 4. The molecule has 0 atom stereocenters. The highest BCUT2D eigenvalue weighted by Gasteiger charge is 2.18. The molecule has 0 aliphatic rings. The number of carbonyl (C=O) groups excluding carboxylic acids is 2. The van der Waals surface area contributed by atoms with Gasteiger partial charge < -0.3 is 14.5 Å². The Hall–Kier alpha value is -3.33. The lowest BCUT2D eigenvalue weighted by molar-refractivity contribution is -0.305. The summed E-state index contributed by atoms with van der Waals surface area (Å²) >= 11 is 1.35. The second-order valence-electron chi connectivity index (χ2n) is 5.92. The van der Waals surface area contributed by atoms with Crippen molar-refractivity contribution in [2.24, 2.45) is 0 Å². The average Bonchev–Trinajstić information content (AvgIpc) is 3.28. The van der Waals surface area contributed by atoms with Gasteiger partial charge in [-0.2, -0.15) is 14.6 Å². The maximum atomic E-state index is 12.6. The molecule has 0 saturated carbocycles. The Bertz CT molecular complexity index is 1220. The van der Waals surface area contributed by atoms with E-state index < -0.39 is 11.5 Å². The number of aliphatic carboxylic acids is 1. The van der Waals surface area contributed by atoms with Crippen LogP contribution >= 0.6 is 11.3 Å². The summed E-state index contributed by atoms with van der Waals surface area (Å²) in [4.78, 5) is 40.2. The van der Waals surface area contributed by atoms with Gasteiger partial charge in [-0.25, -0.2) is 0 Å². The lowest BCUT2D eigenvalue weighted by Gasteiger charge is -2.05. The molecule has 1 aromatic carbocycles. The number of thiophene rings is 1.